The first kappa shape index (κ1) is 33.3. The maximum Gasteiger partial charge on any atom is 0.322 e. The Hall–Kier alpha value is -4.22. The van der Waals surface area contributed by atoms with E-state index in [0.29, 0.717) is 41.1 Å². The van der Waals surface area contributed by atoms with E-state index in [1.807, 2.05) is 60.3 Å². The molecule has 3 heterocycles. The van der Waals surface area contributed by atoms with Gasteiger partial charge in [-0.1, -0.05) is 41.4 Å². The van der Waals surface area contributed by atoms with E-state index in [-0.39, 0.29) is 24.5 Å². The molecule has 0 unspecified atom stereocenters. The van der Waals surface area contributed by atoms with Crippen molar-refractivity contribution < 1.29 is 9.59 Å². The van der Waals surface area contributed by atoms with Crippen LogP contribution in [-0.2, 0) is 24.2 Å². The van der Waals surface area contributed by atoms with Crippen molar-refractivity contribution >= 4 is 62.4 Å². The number of pyridine rings is 1. The summed E-state index contributed by atoms with van der Waals surface area (Å²) in [4.78, 5) is 41.3. The van der Waals surface area contributed by atoms with Crippen LogP contribution >= 0.6 is 39.1 Å². The molecule has 7 rings (SSSR count). The molecule has 0 spiro atoms. The molecule has 2 atom stereocenters. The Labute approximate surface area is 303 Å². The van der Waals surface area contributed by atoms with Gasteiger partial charge in [-0.3, -0.25) is 14.7 Å². The van der Waals surface area contributed by atoms with Gasteiger partial charge in [0.1, 0.15) is 6.04 Å². The van der Waals surface area contributed by atoms with Crippen LogP contribution in [0.25, 0.3) is 0 Å². The van der Waals surface area contributed by atoms with Crippen molar-refractivity contribution in [3.05, 3.63) is 140 Å². The zero-order valence-electron chi connectivity index (χ0n) is 26.7. The first-order valence-electron chi connectivity index (χ1n) is 16.1. The Morgan fingerprint density at radius 3 is 2.49 bits per heavy atom. The molecule has 0 bridgehead atoms. The Kier molecular flexibility index (Phi) is 9.73. The molecule has 1 aliphatic heterocycles. The van der Waals surface area contributed by atoms with Gasteiger partial charge in [-0.2, -0.15) is 0 Å². The smallest absolute Gasteiger partial charge is 0.322 e. The van der Waals surface area contributed by atoms with Crippen LogP contribution < -0.4 is 10.6 Å². The number of amides is 3. The molecule has 1 saturated heterocycles. The zero-order valence-corrected chi connectivity index (χ0v) is 29.8. The van der Waals surface area contributed by atoms with Crippen LogP contribution in [-0.4, -0.2) is 61.9 Å². The normalized spacial score (nSPS) is 17.5. The van der Waals surface area contributed by atoms with Gasteiger partial charge in [0.15, 0.2) is 0 Å². The summed E-state index contributed by atoms with van der Waals surface area (Å²) in [7, 11) is 0. The Morgan fingerprint density at radius 2 is 1.69 bits per heavy atom. The minimum atomic E-state index is -0.807. The number of carbonyl (C=O) groups is 2. The lowest BCUT2D eigenvalue weighted by molar-refractivity contribution is -0.122. The molecule has 2 aliphatic rings. The summed E-state index contributed by atoms with van der Waals surface area (Å²) in [6, 6.07) is 21.4. The van der Waals surface area contributed by atoms with E-state index in [9.17, 15) is 9.59 Å². The minimum absolute atomic E-state index is 0.225. The van der Waals surface area contributed by atoms with Gasteiger partial charge in [-0.05, 0) is 113 Å². The fraction of sp³-hybridized carbons (Fsp3) is 0.243. The van der Waals surface area contributed by atoms with Crippen molar-refractivity contribution in [1.82, 2.24) is 24.3 Å². The van der Waals surface area contributed by atoms with Crippen molar-refractivity contribution in [2.24, 2.45) is 0 Å². The third-order valence-corrected chi connectivity index (χ3v) is 9.97. The molecule has 9 nitrogen and oxygen atoms in total. The molecule has 5 aromatic rings. The number of piperazine rings is 1. The van der Waals surface area contributed by atoms with E-state index in [2.05, 4.69) is 48.6 Å². The average Bonchev–Trinajstić information content (AvgIpc) is 3.42. The van der Waals surface area contributed by atoms with Gasteiger partial charge in [0, 0.05) is 64.5 Å². The van der Waals surface area contributed by atoms with E-state index in [1.165, 1.54) is 0 Å². The van der Waals surface area contributed by atoms with Crippen LogP contribution in [0.5, 0.6) is 0 Å². The molecular formula is C37H34BrCl2N7O2. The van der Waals surface area contributed by atoms with Crippen molar-refractivity contribution in [2.75, 3.05) is 30.3 Å². The number of aryl methyl sites for hydroxylation is 3. The topological polar surface area (TPSA) is 95.4 Å². The molecule has 0 radical (unpaired) electrons. The SMILES string of the molecule is Cc1cn(Cc2cccc(NC(=O)[C@H]3CN([C@@H]4c5ccc(Cl)cc5CCc5cc(Br)cnc54)CCN3C(=O)Nc3ccc(Cl)cc3)c2)cn1. The van der Waals surface area contributed by atoms with Gasteiger partial charge < -0.3 is 20.1 Å². The number of imidazole rings is 1. The lowest BCUT2D eigenvalue weighted by Crippen LogP contribution is -2.61. The monoisotopic (exact) mass is 757 g/mol. The van der Waals surface area contributed by atoms with Gasteiger partial charge in [0.05, 0.1) is 23.8 Å². The summed E-state index contributed by atoms with van der Waals surface area (Å²) in [6.45, 7) is 3.71. The van der Waals surface area contributed by atoms with Gasteiger partial charge in [-0.25, -0.2) is 9.78 Å². The number of nitrogens with one attached hydrogen (secondary N) is 2. The number of fused-ring (bicyclic) bond motifs is 2. The summed E-state index contributed by atoms with van der Waals surface area (Å²) in [5.74, 6) is -0.277. The highest BCUT2D eigenvalue weighted by Crippen LogP contribution is 2.38. The van der Waals surface area contributed by atoms with Gasteiger partial charge in [0.2, 0.25) is 5.91 Å². The highest BCUT2D eigenvalue weighted by Gasteiger charge is 2.40. The van der Waals surface area contributed by atoms with Gasteiger partial charge >= 0.3 is 6.03 Å². The summed E-state index contributed by atoms with van der Waals surface area (Å²) < 4.78 is 2.92. The molecule has 1 fully saturated rings. The molecule has 0 saturated carbocycles. The third-order valence-electron chi connectivity index (χ3n) is 9.05. The summed E-state index contributed by atoms with van der Waals surface area (Å²) in [5, 5.41) is 7.34. The molecule has 3 aromatic carbocycles. The Balaban J connectivity index is 1.20. The number of rotatable bonds is 6. The molecular weight excluding hydrogens is 725 g/mol. The second-order valence-corrected chi connectivity index (χ2v) is 14.3. The standard InChI is InChI=1S/C37H34BrCl2N7O2/c1-23-19-45(22-42-23)20-24-3-2-4-31(15-24)43-36(48)33-21-46(13-14-47(33)37(49)44-30-10-7-28(39)8-11-30)35-32-12-9-29(40)17-25(32)5-6-26-16-27(38)18-41-34(26)35/h2-4,7-12,15-19,22,33,35H,5-6,13-14,20-21H2,1H3,(H,43,48)(H,44,49)/t33-,35-/m1/s1. The van der Waals surface area contributed by atoms with Crippen molar-refractivity contribution in [1.29, 1.82) is 0 Å². The first-order valence-corrected chi connectivity index (χ1v) is 17.6. The van der Waals surface area contributed by atoms with Crippen LogP contribution in [0.4, 0.5) is 16.2 Å². The fourth-order valence-electron chi connectivity index (χ4n) is 6.76. The Morgan fingerprint density at radius 1 is 0.898 bits per heavy atom. The van der Waals surface area contributed by atoms with E-state index in [4.69, 9.17) is 28.2 Å². The van der Waals surface area contributed by atoms with Crippen molar-refractivity contribution in [3.63, 3.8) is 0 Å². The first-order chi connectivity index (χ1) is 23.7. The predicted molar refractivity (Wildman–Crippen MR) is 196 cm³/mol. The van der Waals surface area contributed by atoms with E-state index < -0.39 is 6.04 Å². The molecule has 1 aliphatic carbocycles. The number of urea groups is 1. The molecule has 49 heavy (non-hydrogen) atoms. The lowest BCUT2D eigenvalue weighted by Gasteiger charge is -2.43. The molecule has 2 aromatic heterocycles. The summed E-state index contributed by atoms with van der Waals surface area (Å²) in [5.41, 5.74) is 7.55. The zero-order chi connectivity index (χ0) is 34.1. The number of anilines is 2. The fourth-order valence-corrected chi connectivity index (χ4v) is 7.46. The predicted octanol–water partition coefficient (Wildman–Crippen LogP) is 7.75. The molecule has 12 heteroatoms. The maximum absolute atomic E-state index is 14.3. The Bertz CT molecular complexity index is 1970. The second-order valence-electron chi connectivity index (χ2n) is 12.5. The van der Waals surface area contributed by atoms with E-state index in [1.54, 1.807) is 35.5 Å². The van der Waals surface area contributed by atoms with E-state index >= 15 is 0 Å². The highest BCUT2D eigenvalue weighted by atomic mass is 79.9. The average molecular weight is 760 g/mol. The number of aromatic nitrogens is 3. The molecule has 250 valence electrons. The van der Waals surface area contributed by atoms with Gasteiger partial charge in [-0.15, -0.1) is 0 Å². The quantitative estimate of drug-likeness (QED) is 0.185. The molecule has 2 N–H and O–H groups in total. The van der Waals surface area contributed by atoms with Crippen molar-refractivity contribution in [3.8, 4) is 0 Å². The number of benzene rings is 3. The van der Waals surface area contributed by atoms with Gasteiger partial charge in [0.25, 0.3) is 0 Å². The van der Waals surface area contributed by atoms with Crippen LogP contribution in [0, 0.1) is 6.92 Å². The van der Waals surface area contributed by atoms with Crippen LogP contribution in [0.1, 0.15) is 39.7 Å². The number of halogens is 3. The second kappa shape index (κ2) is 14.3. The van der Waals surface area contributed by atoms with Crippen LogP contribution in [0.15, 0.2) is 96.0 Å². The van der Waals surface area contributed by atoms with Crippen LogP contribution in [0.2, 0.25) is 10.0 Å². The largest absolute Gasteiger partial charge is 0.333 e. The number of hydrogen-bond acceptors (Lipinski definition) is 5. The minimum Gasteiger partial charge on any atom is -0.333 e. The maximum atomic E-state index is 14.3. The number of hydrogen-bond donors (Lipinski definition) is 2. The lowest BCUT2D eigenvalue weighted by atomic mass is 9.95. The summed E-state index contributed by atoms with van der Waals surface area (Å²) in [6.07, 6.45) is 7.22. The van der Waals surface area contributed by atoms with Crippen molar-refractivity contribution in [2.45, 2.75) is 38.4 Å². The number of carbonyl (C=O) groups excluding carboxylic acids is 2. The molecule has 3 amide bonds. The summed E-state index contributed by atoms with van der Waals surface area (Å²) >= 11 is 16.2. The van der Waals surface area contributed by atoms with E-state index in [0.717, 1.165) is 51.0 Å². The van der Waals surface area contributed by atoms with Crippen LogP contribution in [0.3, 0.4) is 0 Å². The number of nitrogens with zero attached hydrogens (tertiary/aromatic N) is 5. The highest BCUT2D eigenvalue weighted by molar-refractivity contribution is 9.10. The third kappa shape index (κ3) is 7.52.